The zero-order valence-corrected chi connectivity index (χ0v) is 20.3. The van der Waals surface area contributed by atoms with E-state index in [0.29, 0.717) is 59.4 Å². The number of rotatable bonds is 8. The van der Waals surface area contributed by atoms with Crippen LogP contribution in [0.4, 0.5) is 0 Å². The summed E-state index contributed by atoms with van der Waals surface area (Å²) in [6.07, 6.45) is 0. The van der Waals surface area contributed by atoms with Gasteiger partial charge in [0, 0.05) is 49.0 Å². The Morgan fingerprint density at radius 1 is 1.18 bits per heavy atom. The van der Waals surface area contributed by atoms with Gasteiger partial charge in [0.05, 0.1) is 37.0 Å². The summed E-state index contributed by atoms with van der Waals surface area (Å²) in [6.45, 7) is 7.46. The van der Waals surface area contributed by atoms with Gasteiger partial charge in [-0.2, -0.15) is 0 Å². The van der Waals surface area contributed by atoms with E-state index < -0.39 is 11.9 Å². The molecular formula is C24H33ClN4O4. The Kier molecular flexibility index (Phi) is 8.91. The van der Waals surface area contributed by atoms with Crippen molar-refractivity contribution in [2.45, 2.75) is 19.8 Å². The summed E-state index contributed by atoms with van der Waals surface area (Å²) in [6, 6.07) is 7.29. The van der Waals surface area contributed by atoms with E-state index in [2.05, 4.69) is 10.2 Å². The van der Waals surface area contributed by atoms with Crippen molar-refractivity contribution in [3.8, 4) is 0 Å². The van der Waals surface area contributed by atoms with Crippen LogP contribution >= 0.6 is 11.6 Å². The summed E-state index contributed by atoms with van der Waals surface area (Å²) in [5.74, 6) is -1.29. The number of allylic oxidation sites excluding steroid dienone is 1. The second-order valence-electron chi connectivity index (χ2n) is 8.17. The van der Waals surface area contributed by atoms with E-state index in [0.717, 1.165) is 13.1 Å². The molecule has 0 saturated carbocycles. The van der Waals surface area contributed by atoms with Crippen molar-refractivity contribution in [3.05, 3.63) is 57.4 Å². The molecule has 1 aromatic carbocycles. The first kappa shape index (κ1) is 25.2. The molecule has 2 heterocycles. The Morgan fingerprint density at radius 3 is 2.52 bits per heavy atom. The normalized spacial score (nSPS) is 19.5. The monoisotopic (exact) mass is 476 g/mol. The molecule has 33 heavy (non-hydrogen) atoms. The number of nitrogens with two attached hydrogens (primary N) is 1. The number of nitrogens with one attached hydrogen (secondary N) is 1. The maximum absolute atomic E-state index is 13.8. The highest BCUT2D eigenvalue weighted by Crippen LogP contribution is 2.42. The fraction of sp³-hybridized carbons (Fsp3) is 0.500. The highest BCUT2D eigenvalue weighted by Gasteiger charge is 2.40. The molecule has 0 radical (unpaired) electrons. The number of esters is 1. The van der Waals surface area contributed by atoms with Crippen molar-refractivity contribution >= 4 is 23.5 Å². The van der Waals surface area contributed by atoms with E-state index in [-0.39, 0.29) is 19.1 Å². The second-order valence-corrected chi connectivity index (χ2v) is 8.57. The lowest BCUT2D eigenvalue weighted by Crippen LogP contribution is -2.49. The molecule has 1 amide bonds. The van der Waals surface area contributed by atoms with Gasteiger partial charge in [0.25, 0.3) is 5.91 Å². The van der Waals surface area contributed by atoms with Crippen molar-refractivity contribution in [3.63, 3.8) is 0 Å². The van der Waals surface area contributed by atoms with Crippen molar-refractivity contribution in [1.29, 1.82) is 0 Å². The number of benzene rings is 1. The molecule has 0 bridgehead atoms. The molecule has 1 aromatic rings. The van der Waals surface area contributed by atoms with E-state index in [1.54, 1.807) is 13.0 Å². The Hall–Kier alpha value is -2.39. The van der Waals surface area contributed by atoms with Crippen LogP contribution in [0.15, 0.2) is 46.8 Å². The van der Waals surface area contributed by atoms with Gasteiger partial charge in [0.1, 0.15) is 0 Å². The standard InChI is InChI=1S/C24H33ClN4O4/c1-4-33-24(31)22-19(15-32-14-9-26)27-16(2)20(21(22)17-7-5-6-8-18(17)25)23(30)29-12-10-28(3)11-13-29/h5-8,21,27H,4,9-15,26H2,1-3H3. The van der Waals surface area contributed by atoms with Gasteiger partial charge in [-0.05, 0) is 32.5 Å². The van der Waals surface area contributed by atoms with Gasteiger partial charge in [-0.1, -0.05) is 29.8 Å². The van der Waals surface area contributed by atoms with Crippen molar-refractivity contribution < 1.29 is 19.1 Å². The minimum absolute atomic E-state index is 0.109. The van der Waals surface area contributed by atoms with E-state index in [4.69, 9.17) is 26.8 Å². The predicted octanol–water partition coefficient (Wildman–Crippen LogP) is 1.87. The summed E-state index contributed by atoms with van der Waals surface area (Å²) < 4.78 is 11.1. The molecule has 1 unspecified atom stereocenters. The third-order valence-electron chi connectivity index (χ3n) is 5.89. The number of amides is 1. The SMILES string of the molecule is CCOC(=O)C1=C(COCCN)NC(C)=C(C(=O)N2CCN(C)CC2)C1c1ccccc1Cl. The van der Waals surface area contributed by atoms with Crippen LogP contribution in [0.2, 0.25) is 5.02 Å². The lowest BCUT2D eigenvalue weighted by atomic mass is 9.79. The van der Waals surface area contributed by atoms with Crippen molar-refractivity contribution in [2.24, 2.45) is 5.73 Å². The van der Waals surface area contributed by atoms with Crippen molar-refractivity contribution in [1.82, 2.24) is 15.1 Å². The van der Waals surface area contributed by atoms with Crippen LogP contribution in [0.3, 0.4) is 0 Å². The number of halogens is 1. The van der Waals surface area contributed by atoms with Crippen LogP contribution < -0.4 is 11.1 Å². The molecule has 2 aliphatic rings. The van der Waals surface area contributed by atoms with Crippen molar-refractivity contribution in [2.75, 3.05) is 59.6 Å². The fourth-order valence-corrected chi connectivity index (χ4v) is 4.45. The minimum atomic E-state index is -0.678. The zero-order chi connectivity index (χ0) is 24.0. The van der Waals surface area contributed by atoms with E-state index in [9.17, 15) is 9.59 Å². The van der Waals surface area contributed by atoms with Crippen LogP contribution in [-0.2, 0) is 19.1 Å². The van der Waals surface area contributed by atoms with Gasteiger partial charge in [0.15, 0.2) is 0 Å². The van der Waals surface area contributed by atoms with Crippen LogP contribution in [0.1, 0.15) is 25.3 Å². The van der Waals surface area contributed by atoms with Crippen LogP contribution in [0, 0.1) is 0 Å². The largest absolute Gasteiger partial charge is 0.463 e. The Balaban J connectivity index is 2.11. The smallest absolute Gasteiger partial charge is 0.336 e. The topological polar surface area (TPSA) is 97.1 Å². The van der Waals surface area contributed by atoms with E-state index >= 15 is 0 Å². The number of ether oxygens (including phenoxy) is 2. The molecule has 1 atom stereocenters. The zero-order valence-electron chi connectivity index (χ0n) is 19.5. The average Bonchev–Trinajstić information content (AvgIpc) is 2.79. The number of dihydropyridines is 1. The first-order valence-electron chi connectivity index (χ1n) is 11.3. The van der Waals surface area contributed by atoms with E-state index in [1.165, 1.54) is 0 Å². The molecule has 0 aromatic heterocycles. The number of piperazine rings is 1. The fourth-order valence-electron chi connectivity index (χ4n) is 4.20. The van der Waals surface area contributed by atoms with E-state index in [1.807, 2.05) is 37.1 Å². The van der Waals surface area contributed by atoms with Crippen LogP contribution in [0.25, 0.3) is 0 Å². The third-order valence-corrected chi connectivity index (χ3v) is 6.23. The highest BCUT2D eigenvalue weighted by molar-refractivity contribution is 6.31. The summed E-state index contributed by atoms with van der Waals surface area (Å²) in [5.41, 5.74) is 8.31. The molecule has 3 rings (SSSR count). The third kappa shape index (κ3) is 5.76. The highest BCUT2D eigenvalue weighted by atomic mass is 35.5. The maximum Gasteiger partial charge on any atom is 0.336 e. The first-order chi connectivity index (χ1) is 15.9. The number of carbonyl (C=O) groups is 2. The molecule has 0 spiro atoms. The van der Waals surface area contributed by atoms with Gasteiger partial charge in [0.2, 0.25) is 0 Å². The van der Waals surface area contributed by atoms with Gasteiger partial charge < -0.3 is 30.3 Å². The molecule has 8 nitrogen and oxygen atoms in total. The molecule has 1 saturated heterocycles. The summed E-state index contributed by atoms with van der Waals surface area (Å²) >= 11 is 6.60. The Morgan fingerprint density at radius 2 is 1.88 bits per heavy atom. The predicted molar refractivity (Wildman–Crippen MR) is 128 cm³/mol. The molecule has 2 aliphatic heterocycles. The number of likely N-dealkylation sites (N-methyl/N-ethyl adjacent to an activating group) is 1. The summed E-state index contributed by atoms with van der Waals surface area (Å²) in [7, 11) is 2.04. The minimum Gasteiger partial charge on any atom is -0.463 e. The Labute approximate surface area is 200 Å². The van der Waals surface area contributed by atoms with Gasteiger partial charge in [-0.25, -0.2) is 4.79 Å². The molecule has 180 valence electrons. The molecule has 1 fully saturated rings. The molecule has 9 heteroatoms. The van der Waals surface area contributed by atoms with Crippen LogP contribution in [-0.4, -0.2) is 81.3 Å². The lowest BCUT2D eigenvalue weighted by Gasteiger charge is -2.37. The lowest BCUT2D eigenvalue weighted by molar-refractivity contribution is -0.139. The quantitative estimate of drug-likeness (QED) is 0.436. The molecule has 0 aliphatic carbocycles. The van der Waals surface area contributed by atoms with Gasteiger partial charge in [-0.15, -0.1) is 0 Å². The number of nitrogens with zero attached hydrogens (tertiary/aromatic N) is 2. The Bertz CT molecular complexity index is 938. The second kappa shape index (κ2) is 11.7. The average molecular weight is 477 g/mol. The summed E-state index contributed by atoms with van der Waals surface area (Å²) in [5, 5.41) is 3.73. The van der Waals surface area contributed by atoms with Gasteiger partial charge in [-0.3, -0.25) is 4.79 Å². The van der Waals surface area contributed by atoms with Gasteiger partial charge >= 0.3 is 5.97 Å². The van der Waals surface area contributed by atoms with Crippen LogP contribution in [0.5, 0.6) is 0 Å². The first-order valence-corrected chi connectivity index (χ1v) is 11.6. The maximum atomic E-state index is 13.8. The number of hydrogen-bond acceptors (Lipinski definition) is 7. The molecular weight excluding hydrogens is 444 g/mol. The summed E-state index contributed by atoms with van der Waals surface area (Å²) in [4.78, 5) is 31.1. The molecule has 3 N–H and O–H groups in total. The number of carbonyl (C=O) groups excluding carboxylic acids is 2. The number of hydrogen-bond donors (Lipinski definition) is 2.